The Labute approximate surface area is 206 Å². The summed E-state index contributed by atoms with van der Waals surface area (Å²) in [6, 6.07) is -0.608. The molecule has 5 fully saturated rings. The molecule has 2 N–H and O–H groups in total. The number of nitrogens with zero attached hydrogens (tertiary/aromatic N) is 1. The Bertz CT molecular complexity index is 799. The molecule has 0 unspecified atom stereocenters. The molecule has 1 heterocycles. The maximum atomic E-state index is 12.9. The third-order valence-corrected chi connectivity index (χ3v) is 12.1. The molecule has 10 atom stereocenters. The normalized spacial score (nSPS) is 46.9. The Morgan fingerprint density at radius 2 is 1.71 bits per heavy atom. The second-order valence-electron chi connectivity index (χ2n) is 13.4. The van der Waals surface area contributed by atoms with Crippen LogP contribution < -0.4 is 0 Å². The average molecular weight is 474 g/mol. The summed E-state index contributed by atoms with van der Waals surface area (Å²) < 4.78 is 0. The van der Waals surface area contributed by atoms with Crippen LogP contribution >= 0.6 is 0 Å². The van der Waals surface area contributed by atoms with Crippen molar-refractivity contribution >= 4 is 11.9 Å². The first-order valence-corrected chi connectivity index (χ1v) is 14.4. The molecule has 0 bridgehead atoms. The van der Waals surface area contributed by atoms with E-state index >= 15 is 0 Å². The highest BCUT2D eigenvalue weighted by atomic mass is 16.4. The molecule has 4 aliphatic carbocycles. The number of hydrogen-bond donors (Lipinski definition) is 2. The minimum Gasteiger partial charge on any atom is -0.480 e. The molecule has 0 aromatic heterocycles. The first kappa shape index (κ1) is 24.6. The molecular weight excluding hydrogens is 426 g/mol. The zero-order chi connectivity index (χ0) is 24.3. The number of rotatable bonds is 5. The predicted octanol–water partition coefficient (Wildman–Crippen LogP) is 5.50. The van der Waals surface area contributed by atoms with Crippen molar-refractivity contribution < 1.29 is 19.8 Å². The van der Waals surface area contributed by atoms with Crippen molar-refractivity contribution in [3.63, 3.8) is 0 Å². The zero-order valence-electron chi connectivity index (χ0n) is 21.7. The van der Waals surface area contributed by atoms with Crippen molar-refractivity contribution in [3.05, 3.63) is 0 Å². The van der Waals surface area contributed by atoms with Crippen LogP contribution in [0.3, 0.4) is 0 Å². The van der Waals surface area contributed by atoms with E-state index in [2.05, 4.69) is 20.8 Å². The second kappa shape index (κ2) is 9.09. The third-order valence-electron chi connectivity index (χ3n) is 12.1. The Hall–Kier alpha value is -1.10. The fourth-order valence-corrected chi connectivity index (χ4v) is 10.2. The highest BCUT2D eigenvalue weighted by molar-refractivity contribution is 5.84. The minimum absolute atomic E-state index is 0.0471. The molecule has 0 aromatic rings. The van der Waals surface area contributed by atoms with Gasteiger partial charge < -0.3 is 15.1 Å². The maximum Gasteiger partial charge on any atom is 0.326 e. The van der Waals surface area contributed by atoms with Crippen LogP contribution in [0.2, 0.25) is 0 Å². The molecule has 192 valence electrons. The Morgan fingerprint density at radius 1 is 0.971 bits per heavy atom. The Kier molecular flexibility index (Phi) is 6.57. The molecular formula is C29H47NO4. The molecule has 1 saturated heterocycles. The van der Waals surface area contributed by atoms with Gasteiger partial charge in [0.05, 0.1) is 6.10 Å². The zero-order valence-corrected chi connectivity index (χ0v) is 21.7. The van der Waals surface area contributed by atoms with Gasteiger partial charge in [0.25, 0.3) is 0 Å². The molecule has 0 spiro atoms. The SMILES string of the molecule is C[C@H](CCC(=O)N1CCC[C@H]1C(=O)O)[C@H]1CC[C@H]2[C@@H]3CC[C@@H]4C[C@H](O)CC[C@]4(C)[C@H]3CC[C@]12C. The summed E-state index contributed by atoms with van der Waals surface area (Å²) >= 11 is 0. The molecule has 4 saturated carbocycles. The number of aliphatic hydroxyl groups is 1. The van der Waals surface area contributed by atoms with E-state index in [4.69, 9.17) is 0 Å². The fourth-order valence-electron chi connectivity index (χ4n) is 10.2. The van der Waals surface area contributed by atoms with Crippen LogP contribution in [0.1, 0.15) is 104 Å². The molecule has 34 heavy (non-hydrogen) atoms. The van der Waals surface area contributed by atoms with Gasteiger partial charge in [0.1, 0.15) is 6.04 Å². The van der Waals surface area contributed by atoms with E-state index in [1.54, 1.807) is 4.90 Å². The van der Waals surface area contributed by atoms with Gasteiger partial charge in [-0.1, -0.05) is 20.8 Å². The molecule has 5 nitrogen and oxygen atoms in total. The lowest BCUT2D eigenvalue weighted by molar-refractivity contribution is -0.148. The summed E-state index contributed by atoms with van der Waals surface area (Å²) in [7, 11) is 0. The first-order valence-electron chi connectivity index (χ1n) is 14.4. The molecule has 5 heteroatoms. The molecule has 1 aliphatic heterocycles. The van der Waals surface area contributed by atoms with Crippen LogP contribution in [0.4, 0.5) is 0 Å². The van der Waals surface area contributed by atoms with Crippen molar-refractivity contribution in [2.75, 3.05) is 6.54 Å². The predicted molar refractivity (Wildman–Crippen MR) is 132 cm³/mol. The summed E-state index contributed by atoms with van der Waals surface area (Å²) in [5.74, 6) is 3.59. The van der Waals surface area contributed by atoms with E-state index in [1.165, 1.54) is 44.9 Å². The minimum atomic E-state index is -0.849. The van der Waals surface area contributed by atoms with Crippen molar-refractivity contribution in [1.29, 1.82) is 0 Å². The maximum absolute atomic E-state index is 12.9. The van der Waals surface area contributed by atoms with Gasteiger partial charge in [-0.25, -0.2) is 4.79 Å². The van der Waals surface area contributed by atoms with Gasteiger partial charge in [-0.15, -0.1) is 0 Å². The van der Waals surface area contributed by atoms with Gasteiger partial charge >= 0.3 is 5.97 Å². The van der Waals surface area contributed by atoms with Gasteiger partial charge in [-0.3, -0.25) is 4.79 Å². The number of carbonyl (C=O) groups excluding carboxylic acids is 1. The number of carboxylic acid groups (broad SMARTS) is 1. The highest BCUT2D eigenvalue weighted by Gasteiger charge is 2.60. The summed E-state index contributed by atoms with van der Waals surface area (Å²) in [5, 5.41) is 19.7. The van der Waals surface area contributed by atoms with E-state index in [9.17, 15) is 19.8 Å². The van der Waals surface area contributed by atoms with E-state index in [1.807, 2.05) is 0 Å². The van der Waals surface area contributed by atoms with E-state index in [-0.39, 0.29) is 12.0 Å². The quantitative estimate of drug-likeness (QED) is 0.553. The lowest BCUT2D eigenvalue weighted by atomic mass is 9.44. The molecule has 0 radical (unpaired) electrons. The monoisotopic (exact) mass is 473 g/mol. The third kappa shape index (κ3) is 3.92. The summed E-state index contributed by atoms with van der Waals surface area (Å²) in [6.07, 6.45) is 13.9. The lowest BCUT2D eigenvalue weighted by Gasteiger charge is -2.61. The van der Waals surface area contributed by atoms with E-state index < -0.39 is 12.0 Å². The van der Waals surface area contributed by atoms with E-state index in [0.29, 0.717) is 48.0 Å². The van der Waals surface area contributed by atoms with Crippen LogP contribution in [-0.4, -0.2) is 45.7 Å². The summed E-state index contributed by atoms with van der Waals surface area (Å²) in [5.41, 5.74) is 0.814. The van der Waals surface area contributed by atoms with Crippen LogP contribution in [0.5, 0.6) is 0 Å². The van der Waals surface area contributed by atoms with E-state index in [0.717, 1.165) is 43.4 Å². The second-order valence-corrected chi connectivity index (χ2v) is 13.4. The number of amides is 1. The number of aliphatic hydroxyl groups excluding tert-OH is 1. The van der Waals surface area contributed by atoms with Crippen LogP contribution in [0, 0.1) is 46.3 Å². The van der Waals surface area contributed by atoms with Crippen LogP contribution in [0.25, 0.3) is 0 Å². The Morgan fingerprint density at radius 3 is 2.47 bits per heavy atom. The molecule has 0 aromatic carbocycles. The highest BCUT2D eigenvalue weighted by Crippen LogP contribution is 2.68. The average Bonchev–Trinajstić information content (AvgIpc) is 3.42. The number of carboxylic acids is 1. The number of fused-ring (bicyclic) bond motifs is 5. The Balaban J connectivity index is 1.23. The smallest absolute Gasteiger partial charge is 0.326 e. The molecule has 5 aliphatic rings. The molecule has 5 rings (SSSR count). The number of carbonyl (C=O) groups is 2. The van der Waals surface area contributed by atoms with Crippen LogP contribution in [0.15, 0.2) is 0 Å². The number of aliphatic carboxylic acids is 1. The lowest BCUT2D eigenvalue weighted by Crippen LogP contribution is -2.54. The topological polar surface area (TPSA) is 77.8 Å². The first-order chi connectivity index (χ1) is 16.1. The molecule has 1 amide bonds. The van der Waals surface area contributed by atoms with Crippen molar-refractivity contribution in [1.82, 2.24) is 4.90 Å². The largest absolute Gasteiger partial charge is 0.480 e. The standard InChI is InChI=1S/C29H47NO4/c1-18(6-11-26(32)30-16-4-5-25(30)27(33)34)22-9-10-23-21-8-7-19-17-20(31)12-14-28(19,2)24(21)13-15-29(22,23)3/h18-25,31H,4-17H2,1-3H3,(H,33,34)/t18-,19-,20-,21+,22-,23+,24+,25+,28+,29-/m1/s1. The van der Waals surface area contributed by atoms with Gasteiger partial charge in [0, 0.05) is 13.0 Å². The van der Waals surface area contributed by atoms with Crippen molar-refractivity contribution in [2.45, 2.75) is 116 Å². The number of hydrogen-bond acceptors (Lipinski definition) is 3. The summed E-state index contributed by atoms with van der Waals surface area (Å²) in [6.45, 7) is 8.10. The van der Waals surface area contributed by atoms with Crippen molar-refractivity contribution in [2.24, 2.45) is 46.3 Å². The van der Waals surface area contributed by atoms with Crippen LogP contribution in [-0.2, 0) is 9.59 Å². The fraction of sp³-hybridized carbons (Fsp3) is 0.931. The van der Waals surface area contributed by atoms with Gasteiger partial charge in [0.15, 0.2) is 0 Å². The van der Waals surface area contributed by atoms with Gasteiger partial charge in [0.2, 0.25) is 5.91 Å². The van der Waals surface area contributed by atoms with Gasteiger partial charge in [-0.05, 0) is 123 Å². The number of likely N-dealkylation sites (tertiary alicyclic amines) is 1. The van der Waals surface area contributed by atoms with Gasteiger partial charge in [-0.2, -0.15) is 0 Å². The summed E-state index contributed by atoms with van der Waals surface area (Å²) in [4.78, 5) is 26.0. The van der Waals surface area contributed by atoms with Crippen molar-refractivity contribution in [3.8, 4) is 0 Å².